The van der Waals surface area contributed by atoms with Crippen LogP contribution in [0.5, 0.6) is 0 Å². The van der Waals surface area contributed by atoms with Crippen molar-refractivity contribution in [1.82, 2.24) is 0 Å². The number of nitrogens with one attached hydrogen (secondary N) is 1. The molecule has 1 aromatic rings. The van der Waals surface area contributed by atoms with Gasteiger partial charge in [0.2, 0.25) is 9.84 Å². The maximum Gasteiger partial charge on any atom is 0.341 e. The molecule has 0 radical (unpaired) electrons. The zero-order valence-electron chi connectivity index (χ0n) is 11.1. The first kappa shape index (κ1) is 15.9. The molecule has 0 aliphatic carbocycles. The van der Waals surface area contributed by atoms with Crippen LogP contribution in [0, 0.1) is 5.92 Å². The zero-order valence-corrected chi connectivity index (χ0v) is 11.9. The van der Waals surface area contributed by atoms with E-state index in [0.29, 0.717) is 12.5 Å². The second-order valence-corrected chi connectivity index (χ2v) is 6.65. The van der Waals surface area contributed by atoms with Gasteiger partial charge in [-0.25, -0.2) is 8.42 Å². The van der Waals surface area contributed by atoms with Crippen LogP contribution in [-0.2, 0) is 9.84 Å². The van der Waals surface area contributed by atoms with Crippen LogP contribution in [0.1, 0.15) is 26.7 Å². The lowest BCUT2D eigenvalue weighted by atomic mass is 10.1. The molecule has 108 valence electrons. The molecule has 19 heavy (non-hydrogen) atoms. The van der Waals surface area contributed by atoms with Gasteiger partial charge < -0.3 is 5.32 Å². The predicted octanol–water partition coefficient (Wildman–Crippen LogP) is 3.53. The number of alkyl halides is 2. The van der Waals surface area contributed by atoms with Crippen LogP contribution in [0.2, 0.25) is 0 Å². The van der Waals surface area contributed by atoms with Gasteiger partial charge in [0, 0.05) is 6.54 Å². The molecular formula is C13H19F2NO2S. The summed E-state index contributed by atoms with van der Waals surface area (Å²) in [5.74, 6) is -2.84. The number of sulfone groups is 1. The first-order valence-corrected chi connectivity index (χ1v) is 7.75. The van der Waals surface area contributed by atoms with Crippen molar-refractivity contribution in [2.24, 2.45) is 5.92 Å². The molecule has 0 spiro atoms. The lowest BCUT2D eigenvalue weighted by Crippen LogP contribution is -2.14. The molecule has 0 saturated carbocycles. The Bertz CT molecular complexity index is 501. The Labute approximate surface area is 112 Å². The summed E-state index contributed by atoms with van der Waals surface area (Å²) in [6, 6.07) is 5.76. The molecule has 1 N–H and O–H groups in total. The summed E-state index contributed by atoms with van der Waals surface area (Å²) in [4.78, 5) is -0.338. The van der Waals surface area contributed by atoms with E-state index in [1.807, 2.05) is 0 Å². The van der Waals surface area contributed by atoms with Crippen LogP contribution in [0.3, 0.4) is 0 Å². The maximum atomic E-state index is 12.6. The molecule has 0 aromatic heterocycles. The van der Waals surface area contributed by atoms with Crippen molar-refractivity contribution < 1.29 is 17.2 Å². The second kappa shape index (κ2) is 6.84. The lowest BCUT2D eigenvalue weighted by Gasteiger charge is -2.12. The number of benzene rings is 1. The van der Waals surface area contributed by atoms with Crippen molar-refractivity contribution in [3.05, 3.63) is 24.3 Å². The molecule has 0 aliphatic rings. The molecule has 0 bridgehead atoms. The van der Waals surface area contributed by atoms with Gasteiger partial charge in [-0.3, -0.25) is 0 Å². The molecule has 0 saturated heterocycles. The smallest absolute Gasteiger partial charge is 0.341 e. The molecule has 1 rings (SSSR count). The monoisotopic (exact) mass is 291 g/mol. The van der Waals surface area contributed by atoms with Gasteiger partial charge in [0.05, 0.1) is 10.6 Å². The van der Waals surface area contributed by atoms with Gasteiger partial charge in [0.1, 0.15) is 0 Å². The summed E-state index contributed by atoms with van der Waals surface area (Å²) in [7, 11) is -4.56. The normalized spacial score (nSPS) is 12.1. The Kier molecular flexibility index (Phi) is 5.72. The average molecular weight is 291 g/mol. The summed E-state index contributed by atoms with van der Waals surface area (Å²) < 4.78 is 48.1. The van der Waals surface area contributed by atoms with Crippen LogP contribution in [-0.4, -0.2) is 20.7 Å². The van der Waals surface area contributed by atoms with Crippen LogP contribution in [0.15, 0.2) is 29.2 Å². The van der Waals surface area contributed by atoms with E-state index in [-0.39, 0.29) is 10.6 Å². The number of hydrogen-bond donors (Lipinski definition) is 1. The van der Waals surface area contributed by atoms with Crippen LogP contribution >= 0.6 is 0 Å². The molecule has 0 amide bonds. The fourth-order valence-corrected chi connectivity index (χ4v) is 2.60. The van der Waals surface area contributed by atoms with Crippen LogP contribution < -0.4 is 5.32 Å². The maximum absolute atomic E-state index is 12.6. The second-order valence-electron chi connectivity index (χ2n) is 4.76. The SMILES string of the molecule is CC(C)CCCNc1ccccc1S(=O)(=O)C(F)F. The number of para-hydroxylation sites is 1. The molecule has 6 heteroatoms. The van der Waals surface area contributed by atoms with Crippen molar-refractivity contribution in [2.75, 3.05) is 11.9 Å². The largest absolute Gasteiger partial charge is 0.384 e. The van der Waals surface area contributed by atoms with Gasteiger partial charge in [0.25, 0.3) is 0 Å². The third kappa shape index (κ3) is 4.45. The summed E-state index contributed by atoms with van der Waals surface area (Å²) >= 11 is 0. The van der Waals surface area contributed by atoms with E-state index in [1.165, 1.54) is 18.2 Å². The minimum absolute atomic E-state index is 0.242. The molecular weight excluding hydrogens is 272 g/mol. The number of halogens is 2. The summed E-state index contributed by atoms with van der Waals surface area (Å²) in [5, 5.41) is 2.92. The first-order valence-electron chi connectivity index (χ1n) is 6.20. The van der Waals surface area contributed by atoms with E-state index in [4.69, 9.17) is 0 Å². The minimum atomic E-state index is -4.56. The predicted molar refractivity (Wildman–Crippen MR) is 72.2 cm³/mol. The van der Waals surface area contributed by atoms with Crippen molar-refractivity contribution in [3.8, 4) is 0 Å². The third-order valence-electron chi connectivity index (χ3n) is 2.70. The summed E-state index contributed by atoms with van der Waals surface area (Å²) in [6.07, 6.45) is 1.86. The van der Waals surface area contributed by atoms with Crippen LogP contribution in [0.25, 0.3) is 0 Å². The molecule has 1 aromatic carbocycles. The highest BCUT2D eigenvalue weighted by Crippen LogP contribution is 2.26. The van der Waals surface area contributed by atoms with Crippen molar-refractivity contribution in [3.63, 3.8) is 0 Å². The third-order valence-corrected chi connectivity index (χ3v) is 4.14. The van der Waals surface area contributed by atoms with Gasteiger partial charge in [-0.15, -0.1) is 0 Å². The molecule has 3 nitrogen and oxygen atoms in total. The van der Waals surface area contributed by atoms with Gasteiger partial charge >= 0.3 is 5.76 Å². The highest BCUT2D eigenvalue weighted by Gasteiger charge is 2.28. The van der Waals surface area contributed by atoms with Gasteiger partial charge in [0.15, 0.2) is 0 Å². The minimum Gasteiger partial charge on any atom is -0.384 e. The number of anilines is 1. The molecule has 0 unspecified atom stereocenters. The average Bonchev–Trinajstić information content (AvgIpc) is 2.34. The molecule has 0 aliphatic heterocycles. The Hall–Kier alpha value is -1.17. The van der Waals surface area contributed by atoms with Crippen molar-refractivity contribution in [1.29, 1.82) is 0 Å². The number of rotatable bonds is 7. The Balaban J connectivity index is 2.80. The Morgan fingerprint density at radius 2 is 1.84 bits per heavy atom. The highest BCUT2D eigenvalue weighted by molar-refractivity contribution is 7.91. The van der Waals surface area contributed by atoms with Gasteiger partial charge in [-0.1, -0.05) is 26.0 Å². The van der Waals surface area contributed by atoms with Crippen molar-refractivity contribution in [2.45, 2.75) is 37.3 Å². The standard InChI is InChI=1S/C13H19F2NO2S/c1-10(2)6-5-9-16-11-7-3-4-8-12(11)19(17,18)13(14)15/h3-4,7-8,10,13,16H,5-6,9H2,1-2H3. The molecule has 0 heterocycles. The molecule has 0 fully saturated rings. The fraction of sp³-hybridized carbons (Fsp3) is 0.538. The topological polar surface area (TPSA) is 46.2 Å². The van der Waals surface area contributed by atoms with Crippen LogP contribution in [0.4, 0.5) is 14.5 Å². The summed E-state index contributed by atoms with van der Waals surface area (Å²) in [5.41, 5.74) is 0.242. The van der Waals surface area contributed by atoms with E-state index in [0.717, 1.165) is 12.8 Å². The zero-order chi connectivity index (χ0) is 14.5. The van der Waals surface area contributed by atoms with E-state index < -0.39 is 15.6 Å². The Morgan fingerprint density at radius 3 is 2.42 bits per heavy atom. The van der Waals surface area contributed by atoms with E-state index >= 15 is 0 Å². The van der Waals surface area contributed by atoms with Crippen molar-refractivity contribution >= 4 is 15.5 Å². The Morgan fingerprint density at radius 1 is 1.21 bits per heavy atom. The van der Waals surface area contributed by atoms with Gasteiger partial charge in [-0.2, -0.15) is 8.78 Å². The highest BCUT2D eigenvalue weighted by atomic mass is 32.2. The first-order chi connectivity index (χ1) is 8.85. The van der Waals surface area contributed by atoms with E-state index in [2.05, 4.69) is 19.2 Å². The summed E-state index contributed by atoms with van der Waals surface area (Å²) in [6.45, 7) is 4.75. The van der Waals surface area contributed by atoms with E-state index in [9.17, 15) is 17.2 Å². The van der Waals surface area contributed by atoms with E-state index in [1.54, 1.807) is 6.07 Å². The lowest BCUT2D eigenvalue weighted by molar-refractivity contribution is 0.235. The molecule has 0 atom stereocenters. The fourth-order valence-electron chi connectivity index (χ4n) is 1.69. The quantitative estimate of drug-likeness (QED) is 0.782. The van der Waals surface area contributed by atoms with Gasteiger partial charge in [-0.05, 0) is 30.9 Å². The number of hydrogen-bond acceptors (Lipinski definition) is 3.